The Labute approximate surface area is 167 Å². The molecular weight excluding hydrogens is 412 g/mol. The lowest BCUT2D eigenvalue weighted by Crippen LogP contribution is -2.46. The number of hydrogen-bond donors (Lipinski definition) is 1. The van der Waals surface area contributed by atoms with E-state index in [0.717, 1.165) is 28.1 Å². The summed E-state index contributed by atoms with van der Waals surface area (Å²) in [4.78, 5) is 23.3. The highest BCUT2D eigenvalue weighted by atomic mass is 79.9. The summed E-state index contributed by atoms with van der Waals surface area (Å²) < 4.78 is 11.5. The third-order valence-electron chi connectivity index (χ3n) is 4.53. The van der Waals surface area contributed by atoms with Crippen molar-refractivity contribution in [1.29, 1.82) is 0 Å². The number of carbonyl (C=O) groups excluding carboxylic acids is 1. The second-order valence-electron chi connectivity index (χ2n) is 6.18. The van der Waals surface area contributed by atoms with Crippen LogP contribution < -0.4 is 15.0 Å². The van der Waals surface area contributed by atoms with E-state index < -0.39 is 0 Å². The second-order valence-corrected chi connectivity index (χ2v) is 7.10. The number of anilines is 2. The molecule has 2 aromatic heterocycles. The van der Waals surface area contributed by atoms with Crippen molar-refractivity contribution in [1.82, 2.24) is 9.97 Å². The van der Waals surface area contributed by atoms with Crippen LogP contribution in [0, 0.1) is 0 Å². The van der Waals surface area contributed by atoms with Gasteiger partial charge >= 0.3 is 6.09 Å². The fourth-order valence-corrected chi connectivity index (χ4v) is 3.50. The van der Waals surface area contributed by atoms with Gasteiger partial charge in [0.2, 0.25) is 5.88 Å². The maximum atomic E-state index is 12.6. The van der Waals surface area contributed by atoms with Crippen molar-refractivity contribution in [3.8, 4) is 5.88 Å². The average Bonchev–Trinajstić information content (AvgIpc) is 2.69. The quantitative estimate of drug-likeness (QED) is 0.743. The summed E-state index contributed by atoms with van der Waals surface area (Å²) in [6, 6.07) is 7.36. The minimum atomic E-state index is -0.349. The first kappa shape index (κ1) is 19.4. The molecule has 3 rings (SSSR count). The van der Waals surface area contributed by atoms with Crippen LogP contribution in [0.15, 0.2) is 34.9 Å². The number of fused-ring (bicyclic) bond motifs is 1. The van der Waals surface area contributed by atoms with Crippen LogP contribution in [-0.2, 0) is 4.74 Å². The smallest absolute Gasteiger partial charge is 0.414 e. The third-order valence-corrected chi connectivity index (χ3v) is 5.00. The number of methoxy groups -OCH3 is 1. The van der Waals surface area contributed by atoms with Gasteiger partial charge in [0.1, 0.15) is 5.82 Å². The van der Waals surface area contributed by atoms with Gasteiger partial charge in [-0.1, -0.05) is 6.92 Å². The predicted molar refractivity (Wildman–Crippen MR) is 107 cm³/mol. The molecule has 8 heteroatoms. The molecule has 2 unspecified atom stereocenters. The van der Waals surface area contributed by atoms with Crippen LogP contribution in [0.5, 0.6) is 5.88 Å². The SMILES string of the molecule is CCOC(=O)N1c2ccc(OC)nc2C(Nc2ccc(Br)cn2)CC1CC. The van der Waals surface area contributed by atoms with E-state index in [1.54, 1.807) is 31.2 Å². The molecule has 0 saturated carbocycles. The topological polar surface area (TPSA) is 76.6 Å². The maximum Gasteiger partial charge on any atom is 0.414 e. The molecule has 0 fully saturated rings. The molecule has 1 amide bonds. The highest BCUT2D eigenvalue weighted by Crippen LogP contribution is 2.40. The molecular formula is C19H23BrN4O3. The number of pyridine rings is 2. The molecule has 1 N–H and O–H groups in total. The number of carbonyl (C=O) groups is 1. The second kappa shape index (κ2) is 8.56. The van der Waals surface area contributed by atoms with Gasteiger partial charge in [-0.15, -0.1) is 0 Å². The fraction of sp³-hybridized carbons (Fsp3) is 0.421. The van der Waals surface area contributed by atoms with Crippen molar-refractivity contribution in [3.05, 3.63) is 40.6 Å². The molecule has 3 heterocycles. The van der Waals surface area contributed by atoms with Gasteiger partial charge in [-0.3, -0.25) is 4.90 Å². The van der Waals surface area contributed by atoms with Crippen molar-refractivity contribution >= 4 is 33.5 Å². The summed E-state index contributed by atoms with van der Waals surface area (Å²) in [5.41, 5.74) is 1.48. The number of nitrogens with one attached hydrogen (secondary N) is 1. The third kappa shape index (κ3) is 4.16. The number of amides is 1. The van der Waals surface area contributed by atoms with Gasteiger partial charge in [0, 0.05) is 22.8 Å². The normalized spacial score (nSPS) is 18.6. The first-order valence-corrected chi connectivity index (χ1v) is 9.75. The first-order chi connectivity index (χ1) is 13.1. The Hall–Kier alpha value is -2.35. The largest absolute Gasteiger partial charge is 0.481 e. The van der Waals surface area contributed by atoms with Gasteiger partial charge in [0.15, 0.2) is 0 Å². The van der Waals surface area contributed by atoms with Crippen LogP contribution in [0.2, 0.25) is 0 Å². The number of nitrogens with zero attached hydrogens (tertiary/aromatic N) is 3. The van der Waals surface area contributed by atoms with Crippen molar-refractivity contribution in [2.75, 3.05) is 23.9 Å². The van der Waals surface area contributed by atoms with Crippen molar-refractivity contribution in [2.24, 2.45) is 0 Å². The highest BCUT2D eigenvalue weighted by molar-refractivity contribution is 9.10. The molecule has 0 aromatic carbocycles. The van der Waals surface area contributed by atoms with Gasteiger partial charge in [-0.25, -0.2) is 14.8 Å². The van der Waals surface area contributed by atoms with E-state index in [-0.39, 0.29) is 18.2 Å². The lowest BCUT2D eigenvalue weighted by atomic mass is 9.93. The van der Waals surface area contributed by atoms with E-state index in [1.807, 2.05) is 18.2 Å². The summed E-state index contributed by atoms with van der Waals surface area (Å²) in [5.74, 6) is 1.25. The Morgan fingerprint density at radius 3 is 2.78 bits per heavy atom. The maximum absolute atomic E-state index is 12.6. The van der Waals surface area contributed by atoms with Crippen LogP contribution in [-0.4, -0.2) is 35.8 Å². The summed E-state index contributed by atoms with van der Waals surface area (Å²) in [7, 11) is 1.58. The van der Waals surface area contributed by atoms with Gasteiger partial charge in [-0.05, 0) is 53.9 Å². The highest BCUT2D eigenvalue weighted by Gasteiger charge is 2.37. The zero-order chi connectivity index (χ0) is 19.4. The standard InChI is InChI=1S/C19H23BrN4O3/c1-4-13-10-14(22-16-8-6-12(20)11-21-16)18-15(7-9-17(23-18)26-3)24(13)19(25)27-5-2/h6-9,11,13-14H,4-5,10H2,1-3H3,(H,21,22). The van der Waals surface area contributed by atoms with Crippen LogP contribution in [0.1, 0.15) is 38.4 Å². The van der Waals surface area contributed by atoms with Crippen LogP contribution in [0.4, 0.5) is 16.3 Å². The molecule has 0 bridgehead atoms. The molecule has 7 nitrogen and oxygen atoms in total. The fourth-order valence-electron chi connectivity index (χ4n) is 3.27. The summed E-state index contributed by atoms with van der Waals surface area (Å²) in [5, 5.41) is 3.44. The number of ether oxygens (including phenoxy) is 2. The van der Waals surface area contributed by atoms with E-state index in [9.17, 15) is 4.79 Å². The average molecular weight is 435 g/mol. The molecule has 2 aromatic rings. The van der Waals surface area contributed by atoms with Gasteiger partial charge < -0.3 is 14.8 Å². The molecule has 2 atom stereocenters. The Morgan fingerprint density at radius 2 is 2.15 bits per heavy atom. The van der Waals surface area contributed by atoms with Crippen molar-refractivity contribution in [2.45, 2.75) is 38.8 Å². The Bertz CT molecular complexity index is 800. The molecule has 0 radical (unpaired) electrons. The predicted octanol–water partition coefficient (Wildman–Crippen LogP) is 4.55. The number of rotatable bonds is 5. The Kier molecular flexibility index (Phi) is 6.15. The number of hydrogen-bond acceptors (Lipinski definition) is 6. The van der Waals surface area contributed by atoms with E-state index in [2.05, 4.69) is 38.1 Å². The summed E-state index contributed by atoms with van der Waals surface area (Å²) >= 11 is 3.40. The van der Waals surface area contributed by atoms with Crippen molar-refractivity contribution < 1.29 is 14.3 Å². The van der Waals surface area contributed by atoms with E-state index in [4.69, 9.17) is 9.47 Å². The minimum Gasteiger partial charge on any atom is -0.481 e. The van der Waals surface area contributed by atoms with Crippen LogP contribution in [0.3, 0.4) is 0 Å². The van der Waals surface area contributed by atoms with E-state index >= 15 is 0 Å². The van der Waals surface area contributed by atoms with Crippen LogP contribution in [0.25, 0.3) is 0 Å². The summed E-state index contributed by atoms with van der Waals surface area (Å²) in [6.07, 6.45) is 2.89. The van der Waals surface area contributed by atoms with Crippen LogP contribution >= 0.6 is 15.9 Å². The molecule has 144 valence electrons. The summed E-state index contributed by atoms with van der Waals surface area (Å²) in [6.45, 7) is 4.20. The van der Waals surface area contributed by atoms with Gasteiger partial charge in [0.25, 0.3) is 0 Å². The molecule has 0 aliphatic carbocycles. The van der Waals surface area contributed by atoms with E-state index in [0.29, 0.717) is 18.9 Å². The molecule has 0 saturated heterocycles. The van der Waals surface area contributed by atoms with Gasteiger partial charge in [0.05, 0.1) is 31.1 Å². The lowest BCUT2D eigenvalue weighted by molar-refractivity contribution is 0.155. The van der Waals surface area contributed by atoms with E-state index in [1.165, 1.54) is 0 Å². The molecule has 1 aliphatic rings. The lowest BCUT2D eigenvalue weighted by Gasteiger charge is -2.39. The monoisotopic (exact) mass is 434 g/mol. The Balaban J connectivity index is 2.00. The first-order valence-electron chi connectivity index (χ1n) is 8.96. The number of halogens is 1. The molecule has 27 heavy (non-hydrogen) atoms. The minimum absolute atomic E-state index is 0.000284. The molecule has 0 spiro atoms. The number of aromatic nitrogens is 2. The zero-order valence-electron chi connectivity index (χ0n) is 15.6. The van der Waals surface area contributed by atoms with Gasteiger partial charge in [-0.2, -0.15) is 0 Å². The zero-order valence-corrected chi connectivity index (χ0v) is 17.2. The van der Waals surface area contributed by atoms with Crippen molar-refractivity contribution in [3.63, 3.8) is 0 Å². The Morgan fingerprint density at radius 1 is 1.33 bits per heavy atom. The molecule has 1 aliphatic heterocycles.